The van der Waals surface area contributed by atoms with E-state index in [1.807, 2.05) is 6.07 Å². The van der Waals surface area contributed by atoms with E-state index in [0.717, 1.165) is 0 Å². The van der Waals surface area contributed by atoms with Gasteiger partial charge in [0, 0.05) is 19.5 Å². The predicted molar refractivity (Wildman–Crippen MR) is 46.0 cm³/mol. The van der Waals surface area contributed by atoms with Gasteiger partial charge in [-0.3, -0.25) is 4.79 Å². The molecule has 2 N–H and O–H groups in total. The Balaban J connectivity index is 3.59. The number of carboxylic acids is 1. The number of hydrogen-bond acceptors (Lipinski definition) is 4. The van der Waals surface area contributed by atoms with Crippen molar-refractivity contribution in [3.05, 3.63) is 0 Å². The molecule has 5 nitrogen and oxygen atoms in total. The highest BCUT2D eigenvalue weighted by Gasteiger charge is 2.11. The van der Waals surface area contributed by atoms with Gasteiger partial charge in [-0.1, -0.05) is 0 Å². The van der Waals surface area contributed by atoms with Crippen LogP contribution in [0.3, 0.4) is 0 Å². The van der Waals surface area contributed by atoms with E-state index in [9.17, 15) is 9.90 Å². The predicted octanol–water partition coefficient (Wildman–Crippen LogP) is -0.333. The Morgan fingerprint density at radius 2 is 2.31 bits per heavy atom. The lowest BCUT2D eigenvalue weighted by atomic mass is 10.2. The molecule has 0 saturated heterocycles. The van der Waals surface area contributed by atoms with Crippen LogP contribution in [0.4, 0.5) is 0 Å². The third kappa shape index (κ3) is 7.25. The molecule has 0 rings (SSSR count). The topological polar surface area (TPSA) is 84.6 Å². The molecule has 13 heavy (non-hydrogen) atoms. The summed E-state index contributed by atoms with van der Waals surface area (Å²) < 4.78 is 0. The van der Waals surface area contributed by atoms with Crippen molar-refractivity contribution >= 4 is 5.97 Å². The normalized spacial score (nSPS) is 12.5. The molecule has 0 amide bonds. The van der Waals surface area contributed by atoms with Crippen LogP contribution in [0, 0.1) is 11.3 Å². The lowest BCUT2D eigenvalue weighted by Crippen LogP contribution is -2.31. The zero-order valence-electron chi connectivity index (χ0n) is 7.60. The second kappa shape index (κ2) is 6.40. The standard InChI is InChI=1S/C8H14N2O3/c1-10(4-2-3-9)6-7(11)5-8(12)13/h7,11H,2,4-6H2,1H3,(H,12,13). The number of rotatable bonds is 6. The van der Waals surface area contributed by atoms with Crippen LogP contribution in [0.2, 0.25) is 0 Å². The number of carbonyl (C=O) groups is 1. The molecule has 0 aromatic carbocycles. The number of aliphatic carboxylic acids is 1. The molecule has 0 aromatic rings. The summed E-state index contributed by atoms with van der Waals surface area (Å²) in [6, 6.07) is 1.97. The number of nitriles is 1. The lowest BCUT2D eigenvalue weighted by molar-refractivity contribution is -0.139. The van der Waals surface area contributed by atoms with Gasteiger partial charge >= 0.3 is 5.97 Å². The molecule has 0 aliphatic heterocycles. The Morgan fingerprint density at radius 3 is 2.77 bits per heavy atom. The molecule has 0 bridgehead atoms. The quantitative estimate of drug-likeness (QED) is 0.593. The van der Waals surface area contributed by atoms with Gasteiger partial charge < -0.3 is 15.1 Å². The minimum absolute atomic E-state index is 0.253. The van der Waals surface area contributed by atoms with Crippen LogP contribution in [0.5, 0.6) is 0 Å². The van der Waals surface area contributed by atoms with E-state index in [4.69, 9.17) is 10.4 Å². The molecular weight excluding hydrogens is 172 g/mol. The highest BCUT2D eigenvalue weighted by atomic mass is 16.4. The summed E-state index contributed by atoms with van der Waals surface area (Å²) in [6.07, 6.45) is -0.728. The van der Waals surface area contributed by atoms with Crippen molar-refractivity contribution in [2.75, 3.05) is 20.1 Å². The first kappa shape index (κ1) is 11.9. The van der Waals surface area contributed by atoms with Crippen molar-refractivity contribution in [1.82, 2.24) is 4.90 Å². The second-order valence-electron chi connectivity index (χ2n) is 2.92. The second-order valence-corrected chi connectivity index (χ2v) is 2.92. The monoisotopic (exact) mass is 186 g/mol. The molecule has 0 radical (unpaired) electrons. The fraction of sp³-hybridized carbons (Fsp3) is 0.750. The van der Waals surface area contributed by atoms with Gasteiger partial charge in [0.1, 0.15) is 0 Å². The van der Waals surface area contributed by atoms with E-state index >= 15 is 0 Å². The summed E-state index contributed by atoms with van der Waals surface area (Å²) in [7, 11) is 1.74. The van der Waals surface area contributed by atoms with Crippen LogP contribution >= 0.6 is 0 Å². The van der Waals surface area contributed by atoms with Crippen LogP contribution in [-0.4, -0.2) is 47.3 Å². The zero-order valence-corrected chi connectivity index (χ0v) is 7.60. The number of nitrogens with zero attached hydrogens (tertiary/aromatic N) is 2. The Labute approximate surface area is 77.2 Å². The average Bonchev–Trinajstić information content (AvgIpc) is 1.98. The minimum Gasteiger partial charge on any atom is -0.481 e. The molecule has 0 aliphatic rings. The Hall–Kier alpha value is -1.12. The fourth-order valence-electron chi connectivity index (χ4n) is 0.958. The molecule has 0 fully saturated rings. The SMILES string of the molecule is CN(CCC#N)CC(O)CC(=O)O. The molecule has 74 valence electrons. The van der Waals surface area contributed by atoms with E-state index in [1.54, 1.807) is 11.9 Å². The van der Waals surface area contributed by atoms with Crippen molar-refractivity contribution in [2.24, 2.45) is 0 Å². The smallest absolute Gasteiger partial charge is 0.306 e. The molecular formula is C8H14N2O3. The van der Waals surface area contributed by atoms with Gasteiger partial charge in [-0.25, -0.2) is 0 Å². The van der Waals surface area contributed by atoms with Crippen LogP contribution in [0.1, 0.15) is 12.8 Å². The highest BCUT2D eigenvalue weighted by Crippen LogP contribution is 1.95. The van der Waals surface area contributed by atoms with Crippen molar-refractivity contribution in [3.8, 4) is 6.07 Å². The fourth-order valence-corrected chi connectivity index (χ4v) is 0.958. The highest BCUT2D eigenvalue weighted by molar-refractivity contribution is 5.67. The van der Waals surface area contributed by atoms with Gasteiger partial charge in [0.15, 0.2) is 0 Å². The number of aliphatic hydroxyl groups is 1. The third-order valence-electron chi connectivity index (χ3n) is 1.54. The van der Waals surface area contributed by atoms with Gasteiger partial charge in [0.25, 0.3) is 0 Å². The molecule has 5 heteroatoms. The van der Waals surface area contributed by atoms with Crippen LogP contribution in [0.25, 0.3) is 0 Å². The van der Waals surface area contributed by atoms with Gasteiger partial charge in [0.05, 0.1) is 18.6 Å². The van der Waals surface area contributed by atoms with Crippen molar-refractivity contribution in [1.29, 1.82) is 5.26 Å². The molecule has 1 unspecified atom stereocenters. The van der Waals surface area contributed by atoms with Gasteiger partial charge in [0.2, 0.25) is 0 Å². The Bertz CT molecular complexity index is 200. The van der Waals surface area contributed by atoms with E-state index in [0.29, 0.717) is 13.0 Å². The third-order valence-corrected chi connectivity index (χ3v) is 1.54. The van der Waals surface area contributed by atoms with Crippen molar-refractivity contribution < 1.29 is 15.0 Å². The molecule has 0 spiro atoms. The van der Waals surface area contributed by atoms with Crippen molar-refractivity contribution in [2.45, 2.75) is 18.9 Å². The van der Waals surface area contributed by atoms with Crippen LogP contribution in [-0.2, 0) is 4.79 Å². The van der Waals surface area contributed by atoms with E-state index in [1.165, 1.54) is 0 Å². The number of hydrogen-bond donors (Lipinski definition) is 2. The maximum atomic E-state index is 10.2. The van der Waals surface area contributed by atoms with Gasteiger partial charge in [-0.2, -0.15) is 5.26 Å². The lowest BCUT2D eigenvalue weighted by Gasteiger charge is -2.17. The zero-order chi connectivity index (χ0) is 10.3. The van der Waals surface area contributed by atoms with E-state index in [2.05, 4.69) is 0 Å². The molecule has 0 heterocycles. The first-order chi connectivity index (χ1) is 6.06. The maximum Gasteiger partial charge on any atom is 0.306 e. The summed E-state index contributed by atoms with van der Waals surface area (Å²) >= 11 is 0. The molecule has 1 atom stereocenters. The Kier molecular flexibility index (Phi) is 5.85. The molecule has 0 saturated carbocycles. The van der Waals surface area contributed by atoms with Gasteiger partial charge in [-0.15, -0.1) is 0 Å². The van der Waals surface area contributed by atoms with Crippen LogP contribution < -0.4 is 0 Å². The Morgan fingerprint density at radius 1 is 1.69 bits per heavy atom. The average molecular weight is 186 g/mol. The van der Waals surface area contributed by atoms with Crippen LogP contribution in [0.15, 0.2) is 0 Å². The number of carboxylic acid groups (broad SMARTS) is 1. The minimum atomic E-state index is -1.01. The summed E-state index contributed by atoms with van der Waals surface area (Å²) in [5, 5.41) is 25.8. The van der Waals surface area contributed by atoms with E-state index < -0.39 is 12.1 Å². The summed E-state index contributed by atoms with van der Waals surface area (Å²) in [6.45, 7) is 0.834. The summed E-state index contributed by atoms with van der Waals surface area (Å²) in [5.74, 6) is -1.01. The first-order valence-electron chi connectivity index (χ1n) is 4.01. The number of aliphatic hydroxyl groups excluding tert-OH is 1. The van der Waals surface area contributed by atoms with E-state index in [-0.39, 0.29) is 13.0 Å². The largest absolute Gasteiger partial charge is 0.481 e. The first-order valence-corrected chi connectivity index (χ1v) is 4.01. The summed E-state index contributed by atoms with van der Waals surface area (Å²) in [4.78, 5) is 11.9. The van der Waals surface area contributed by atoms with Gasteiger partial charge in [-0.05, 0) is 7.05 Å². The molecule has 0 aromatic heterocycles. The molecule has 0 aliphatic carbocycles. The maximum absolute atomic E-state index is 10.2. The number of likely N-dealkylation sites (N-methyl/N-ethyl adjacent to an activating group) is 1. The van der Waals surface area contributed by atoms with Crippen molar-refractivity contribution in [3.63, 3.8) is 0 Å². The summed E-state index contributed by atoms with van der Waals surface area (Å²) in [5.41, 5.74) is 0.